The van der Waals surface area contributed by atoms with Gasteiger partial charge < -0.3 is 15.4 Å². The highest BCUT2D eigenvalue weighted by Crippen LogP contribution is 2.19. The Morgan fingerprint density at radius 2 is 1.67 bits per heavy atom. The number of piperidine rings is 1. The maximum absolute atomic E-state index is 12.3. The number of carbonyl (C=O) groups excluding carboxylic acids is 3. The first-order chi connectivity index (χ1) is 11.3. The second-order valence-electron chi connectivity index (χ2n) is 6.41. The zero-order chi connectivity index (χ0) is 17.9. The van der Waals surface area contributed by atoms with Gasteiger partial charge in [-0.3, -0.25) is 9.59 Å². The Labute approximate surface area is 142 Å². The summed E-state index contributed by atoms with van der Waals surface area (Å²) in [6.45, 7) is 6.32. The van der Waals surface area contributed by atoms with Crippen LogP contribution >= 0.6 is 0 Å². The van der Waals surface area contributed by atoms with E-state index in [9.17, 15) is 14.4 Å². The minimum absolute atomic E-state index is 0.172. The Morgan fingerprint density at radius 3 is 2.17 bits per heavy atom. The van der Waals surface area contributed by atoms with Crippen LogP contribution in [-0.4, -0.2) is 42.4 Å². The minimum atomic E-state index is -0.481. The van der Waals surface area contributed by atoms with Gasteiger partial charge in [0, 0.05) is 19.0 Å². The van der Waals surface area contributed by atoms with Gasteiger partial charge in [0.05, 0.1) is 5.56 Å². The van der Waals surface area contributed by atoms with Crippen molar-refractivity contribution < 1.29 is 19.1 Å². The number of aryl methyl sites for hydroxylation is 3. The first-order valence-corrected chi connectivity index (χ1v) is 8.11. The number of rotatable bonds is 4. The van der Waals surface area contributed by atoms with E-state index >= 15 is 0 Å². The summed E-state index contributed by atoms with van der Waals surface area (Å²) in [4.78, 5) is 37.2. The summed E-state index contributed by atoms with van der Waals surface area (Å²) in [5.41, 5.74) is 8.55. The molecule has 2 amide bonds. The van der Waals surface area contributed by atoms with Crippen LogP contribution in [0, 0.1) is 26.7 Å². The van der Waals surface area contributed by atoms with Crippen LogP contribution in [0.5, 0.6) is 0 Å². The predicted molar refractivity (Wildman–Crippen MR) is 89.4 cm³/mol. The van der Waals surface area contributed by atoms with E-state index in [1.807, 2.05) is 32.9 Å². The maximum atomic E-state index is 12.3. The summed E-state index contributed by atoms with van der Waals surface area (Å²) >= 11 is 0. The fourth-order valence-corrected chi connectivity index (χ4v) is 3.21. The molecule has 1 heterocycles. The van der Waals surface area contributed by atoms with E-state index < -0.39 is 5.97 Å². The van der Waals surface area contributed by atoms with E-state index in [-0.39, 0.29) is 24.3 Å². The highest BCUT2D eigenvalue weighted by atomic mass is 16.5. The number of ether oxygens (including phenoxy) is 1. The Balaban J connectivity index is 1.91. The molecule has 130 valence electrons. The van der Waals surface area contributed by atoms with Crippen molar-refractivity contribution in [3.8, 4) is 0 Å². The van der Waals surface area contributed by atoms with Crippen molar-refractivity contribution in [1.29, 1.82) is 0 Å². The Bertz CT molecular complexity index is 638. The fourth-order valence-electron chi connectivity index (χ4n) is 3.21. The van der Waals surface area contributed by atoms with Crippen molar-refractivity contribution in [1.82, 2.24) is 4.90 Å². The molecule has 1 fully saturated rings. The number of benzene rings is 1. The van der Waals surface area contributed by atoms with Gasteiger partial charge in [0.15, 0.2) is 6.61 Å². The van der Waals surface area contributed by atoms with E-state index in [4.69, 9.17) is 10.5 Å². The second kappa shape index (κ2) is 7.47. The third-order valence-corrected chi connectivity index (χ3v) is 4.46. The van der Waals surface area contributed by atoms with Crippen LogP contribution in [-0.2, 0) is 14.3 Å². The molecule has 2 N–H and O–H groups in total. The Morgan fingerprint density at radius 1 is 1.12 bits per heavy atom. The molecule has 24 heavy (non-hydrogen) atoms. The molecule has 0 unspecified atom stereocenters. The van der Waals surface area contributed by atoms with Crippen molar-refractivity contribution in [2.45, 2.75) is 33.6 Å². The summed E-state index contributed by atoms with van der Waals surface area (Å²) < 4.78 is 5.20. The van der Waals surface area contributed by atoms with Crippen molar-refractivity contribution >= 4 is 17.8 Å². The van der Waals surface area contributed by atoms with Crippen molar-refractivity contribution in [3.05, 3.63) is 34.4 Å². The fraction of sp³-hybridized carbons (Fsp3) is 0.500. The van der Waals surface area contributed by atoms with E-state index in [1.54, 1.807) is 4.90 Å². The van der Waals surface area contributed by atoms with Crippen LogP contribution in [0.4, 0.5) is 0 Å². The molecule has 2 rings (SSSR count). The summed E-state index contributed by atoms with van der Waals surface area (Å²) in [5.74, 6) is -1.22. The van der Waals surface area contributed by atoms with E-state index in [0.717, 1.165) is 16.7 Å². The third kappa shape index (κ3) is 4.13. The number of nitrogens with zero attached hydrogens (tertiary/aromatic N) is 1. The normalized spacial score (nSPS) is 15.2. The second-order valence-corrected chi connectivity index (χ2v) is 6.41. The molecule has 6 heteroatoms. The zero-order valence-corrected chi connectivity index (χ0v) is 14.4. The number of primary amides is 1. The predicted octanol–water partition coefficient (Wildman–Crippen LogP) is 1.49. The molecule has 0 atom stereocenters. The lowest BCUT2D eigenvalue weighted by atomic mass is 9.96. The molecule has 0 spiro atoms. The van der Waals surface area contributed by atoms with Crippen LogP contribution in [0.2, 0.25) is 0 Å². The minimum Gasteiger partial charge on any atom is -0.452 e. The SMILES string of the molecule is Cc1cc(C)c(C(=O)OCC(=O)N2CCC(C(N)=O)CC2)c(C)c1. The molecule has 1 aromatic rings. The van der Waals surface area contributed by atoms with Crippen LogP contribution in [0.3, 0.4) is 0 Å². The molecule has 0 bridgehead atoms. The monoisotopic (exact) mass is 332 g/mol. The van der Waals surface area contributed by atoms with Gasteiger partial charge in [-0.15, -0.1) is 0 Å². The lowest BCUT2D eigenvalue weighted by molar-refractivity contribution is -0.137. The van der Waals surface area contributed by atoms with E-state index in [0.29, 0.717) is 31.5 Å². The number of esters is 1. The lowest BCUT2D eigenvalue weighted by Crippen LogP contribution is -2.43. The summed E-state index contributed by atoms with van der Waals surface area (Å²) in [5, 5.41) is 0. The molecule has 0 saturated carbocycles. The molecular weight excluding hydrogens is 308 g/mol. The first kappa shape index (κ1) is 18.0. The van der Waals surface area contributed by atoms with E-state index in [2.05, 4.69) is 0 Å². The molecule has 1 aromatic carbocycles. The van der Waals surface area contributed by atoms with E-state index in [1.165, 1.54) is 0 Å². The van der Waals surface area contributed by atoms with Gasteiger partial charge in [0.1, 0.15) is 0 Å². The molecule has 1 aliphatic rings. The standard InChI is InChI=1S/C18H24N2O4/c1-11-8-12(2)16(13(3)9-11)18(23)24-10-15(21)20-6-4-14(5-7-20)17(19)22/h8-9,14H,4-7,10H2,1-3H3,(H2,19,22). The number of nitrogens with two attached hydrogens (primary N) is 1. The number of amides is 2. The van der Waals surface area contributed by atoms with Gasteiger partial charge >= 0.3 is 5.97 Å². The number of carbonyl (C=O) groups is 3. The van der Waals surface area contributed by atoms with Gasteiger partial charge in [-0.2, -0.15) is 0 Å². The number of hydrogen-bond acceptors (Lipinski definition) is 4. The third-order valence-electron chi connectivity index (χ3n) is 4.46. The quantitative estimate of drug-likeness (QED) is 0.846. The lowest BCUT2D eigenvalue weighted by Gasteiger charge is -2.30. The smallest absolute Gasteiger partial charge is 0.339 e. The molecule has 1 aliphatic heterocycles. The average Bonchev–Trinajstić information content (AvgIpc) is 2.51. The van der Waals surface area contributed by atoms with Crippen LogP contribution in [0.15, 0.2) is 12.1 Å². The topological polar surface area (TPSA) is 89.7 Å². The van der Waals surface area contributed by atoms with Crippen LogP contribution in [0.1, 0.15) is 39.9 Å². The van der Waals surface area contributed by atoms with Crippen molar-refractivity contribution in [2.24, 2.45) is 11.7 Å². The molecule has 6 nitrogen and oxygen atoms in total. The first-order valence-electron chi connectivity index (χ1n) is 8.11. The van der Waals surface area contributed by atoms with Crippen molar-refractivity contribution in [3.63, 3.8) is 0 Å². The molecule has 0 aromatic heterocycles. The zero-order valence-electron chi connectivity index (χ0n) is 14.4. The van der Waals surface area contributed by atoms with Crippen LogP contribution < -0.4 is 5.73 Å². The van der Waals surface area contributed by atoms with Gasteiger partial charge in [-0.05, 0) is 44.7 Å². The highest BCUT2D eigenvalue weighted by Gasteiger charge is 2.26. The summed E-state index contributed by atoms with van der Waals surface area (Å²) in [6, 6.07) is 3.83. The highest BCUT2D eigenvalue weighted by molar-refractivity contribution is 5.94. The maximum Gasteiger partial charge on any atom is 0.339 e. The van der Waals surface area contributed by atoms with Crippen LogP contribution in [0.25, 0.3) is 0 Å². The van der Waals surface area contributed by atoms with Gasteiger partial charge in [-0.1, -0.05) is 17.7 Å². The largest absolute Gasteiger partial charge is 0.452 e. The van der Waals surface area contributed by atoms with Gasteiger partial charge in [0.25, 0.3) is 5.91 Å². The molecule has 0 aliphatic carbocycles. The molecular formula is C18H24N2O4. The number of likely N-dealkylation sites (tertiary alicyclic amines) is 1. The van der Waals surface area contributed by atoms with Gasteiger partial charge in [-0.25, -0.2) is 4.79 Å². The molecule has 0 radical (unpaired) electrons. The Kier molecular flexibility index (Phi) is 5.59. The number of hydrogen-bond donors (Lipinski definition) is 1. The Hall–Kier alpha value is -2.37. The molecule has 1 saturated heterocycles. The summed E-state index contributed by atoms with van der Waals surface area (Å²) in [6.07, 6.45) is 1.12. The van der Waals surface area contributed by atoms with Gasteiger partial charge in [0.2, 0.25) is 5.91 Å². The average molecular weight is 332 g/mol. The summed E-state index contributed by atoms with van der Waals surface area (Å²) in [7, 11) is 0. The van der Waals surface area contributed by atoms with Crippen molar-refractivity contribution in [2.75, 3.05) is 19.7 Å².